The molecular weight excluding hydrogens is 356 g/mol. The molecule has 0 aliphatic heterocycles. The van der Waals surface area contributed by atoms with Gasteiger partial charge in [-0.05, 0) is 18.2 Å². The van der Waals surface area contributed by atoms with Crippen molar-refractivity contribution in [2.45, 2.75) is 0 Å². The molecule has 0 aliphatic carbocycles. The van der Waals surface area contributed by atoms with Crippen molar-refractivity contribution in [3.05, 3.63) is 70.4 Å². The summed E-state index contributed by atoms with van der Waals surface area (Å²) in [4.78, 5) is 42.4. The van der Waals surface area contributed by atoms with E-state index in [4.69, 9.17) is 0 Å². The first-order valence-electron chi connectivity index (χ1n) is 7.48. The fourth-order valence-electron chi connectivity index (χ4n) is 2.21. The summed E-state index contributed by atoms with van der Waals surface area (Å²) >= 11 is 0. The lowest BCUT2D eigenvalue weighted by Gasteiger charge is -2.07. The largest absolute Gasteiger partial charge is 0.465 e. The Hall–Kier alpha value is -4.15. The average Bonchev–Trinajstić information content (AvgIpc) is 3.22. The van der Waals surface area contributed by atoms with Gasteiger partial charge in [-0.3, -0.25) is 14.9 Å². The minimum atomic E-state index is -0.786. The number of ether oxygens (including phenoxy) is 1. The van der Waals surface area contributed by atoms with Gasteiger partial charge >= 0.3 is 5.97 Å². The smallest absolute Gasteiger partial charge is 0.338 e. The number of hydrogen-bond acceptors (Lipinski definition) is 8. The minimum absolute atomic E-state index is 0.0649. The van der Waals surface area contributed by atoms with Crippen LogP contribution in [0.15, 0.2) is 49.2 Å². The van der Waals surface area contributed by atoms with E-state index < -0.39 is 22.5 Å². The van der Waals surface area contributed by atoms with Crippen LogP contribution in [0.4, 0.5) is 11.4 Å². The molecule has 0 aliphatic rings. The van der Waals surface area contributed by atoms with E-state index >= 15 is 0 Å². The number of hydrogen-bond donors (Lipinski definition) is 1. The van der Waals surface area contributed by atoms with Crippen LogP contribution in [0.5, 0.6) is 0 Å². The van der Waals surface area contributed by atoms with E-state index in [1.165, 1.54) is 29.6 Å². The number of rotatable bonds is 5. The summed E-state index contributed by atoms with van der Waals surface area (Å²) < 4.78 is 6.00. The first-order chi connectivity index (χ1) is 13.0. The molecule has 0 fully saturated rings. The van der Waals surface area contributed by atoms with Gasteiger partial charge in [0.05, 0.1) is 29.5 Å². The van der Waals surface area contributed by atoms with Crippen LogP contribution in [-0.4, -0.2) is 43.7 Å². The highest BCUT2D eigenvalue weighted by Crippen LogP contribution is 2.19. The summed E-state index contributed by atoms with van der Waals surface area (Å²) in [5.74, 6) is -0.931. The van der Waals surface area contributed by atoms with E-state index in [0.29, 0.717) is 11.5 Å². The highest BCUT2D eigenvalue weighted by molar-refractivity contribution is 6.06. The van der Waals surface area contributed by atoms with Gasteiger partial charge in [-0.25, -0.2) is 19.4 Å². The standard InChI is InChI=1S/C16H12N6O5/c1-27-16(24)11-4-10(5-13(6-11)22(25)26)15(23)20-12-2-3-14(18-7-12)21-9-17-8-19-21/h2-9H,1H3,(H,20,23). The van der Waals surface area contributed by atoms with Crippen molar-refractivity contribution in [3.63, 3.8) is 0 Å². The summed E-state index contributed by atoms with van der Waals surface area (Å²) in [6.07, 6.45) is 4.23. The SMILES string of the molecule is COC(=O)c1cc(C(=O)Nc2ccc(-n3cncn3)nc2)cc([N+](=O)[O-])c1. The molecule has 0 saturated carbocycles. The number of carbonyl (C=O) groups excluding carboxylic acids is 2. The third kappa shape index (κ3) is 3.92. The van der Waals surface area contributed by atoms with Crippen molar-refractivity contribution in [1.82, 2.24) is 19.7 Å². The zero-order valence-electron chi connectivity index (χ0n) is 13.9. The zero-order chi connectivity index (χ0) is 19.4. The number of aromatic nitrogens is 4. The summed E-state index contributed by atoms with van der Waals surface area (Å²) in [6, 6.07) is 6.51. The van der Waals surface area contributed by atoms with Gasteiger partial charge in [-0.1, -0.05) is 0 Å². The Morgan fingerprint density at radius 2 is 2.00 bits per heavy atom. The molecule has 1 aromatic carbocycles. The van der Waals surface area contributed by atoms with E-state index in [1.807, 2.05) is 0 Å². The number of anilines is 1. The number of nitrogens with zero attached hydrogens (tertiary/aromatic N) is 5. The number of esters is 1. The molecule has 0 unspecified atom stereocenters. The minimum Gasteiger partial charge on any atom is -0.465 e. The predicted octanol–water partition coefficient (Wildman–Crippen LogP) is 1.61. The van der Waals surface area contributed by atoms with Gasteiger partial charge in [0.1, 0.15) is 12.7 Å². The topological polar surface area (TPSA) is 142 Å². The van der Waals surface area contributed by atoms with Crippen LogP contribution in [-0.2, 0) is 4.74 Å². The van der Waals surface area contributed by atoms with Crippen LogP contribution in [0, 0.1) is 10.1 Å². The normalized spacial score (nSPS) is 10.3. The maximum Gasteiger partial charge on any atom is 0.338 e. The van der Waals surface area contributed by atoms with Gasteiger partial charge in [0.25, 0.3) is 11.6 Å². The molecule has 3 rings (SSSR count). The van der Waals surface area contributed by atoms with Crippen molar-refractivity contribution in [2.24, 2.45) is 0 Å². The maximum absolute atomic E-state index is 12.4. The molecule has 2 heterocycles. The maximum atomic E-state index is 12.4. The molecule has 1 N–H and O–H groups in total. The van der Waals surface area contributed by atoms with E-state index in [9.17, 15) is 19.7 Å². The molecule has 1 amide bonds. The Labute approximate surface area is 151 Å². The monoisotopic (exact) mass is 368 g/mol. The predicted molar refractivity (Wildman–Crippen MR) is 91.5 cm³/mol. The molecule has 0 atom stereocenters. The molecule has 0 spiro atoms. The number of non-ortho nitro benzene ring substituents is 1. The number of carbonyl (C=O) groups is 2. The quantitative estimate of drug-likeness (QED) is 0.406. The second kappa shape index (κ2) is 7.39. The van der Waals surface area contributed by atoms with Crippen LogP contribution in [0.2, 0.25) is 0 Å². The van der Waals surface area contributed by atoms with E-state index in [2.05, 4.69) is 25.1 Å². The van der Waals surface area contributed by atoms with Crippen LogP contribution < -0.4 is 5.32 Å². The molecule has 0 bridgehead atoms. The van der Waals surface area contributed by atoms with Crippen molar-refractivity contribution < 1.29 is 19.2 Å². The number of pyridine rings is 1. The molecule has 0 saturated heterocycles. The molecule has 11 heteroatoms. The van der Waals surface area contributed by atoms with Gasteiger partial charge in [0, 0.05) is 17.7 Å². The first kappa shape index (κ1) is 17.7. The average molecular weight is 368 g/mol. The van der Waals surface area contributed by atoms with Gasteiger partial charge in [0.2, 0.25) is 0 Å². The Morgan fingerprint density at radius 1 is 1.22 bits per heavy atom. The summed E-state index contributed by atoms with van der Waals surface area (Å²) in [5, 5.41) is 17.5. The van der Waals surface area contributed by atoms with E-state index in [-0.39, 0.29) is 11.1 Å². The van der Waals surface area contributed by atoms with Gasteiger partial charge in [-0.2, -0.15) is 5.10 Å². The number of methoxy groups -OCH3 is 1. The second-order valence-corrected chi connectivity index (χ2v) is 5.22. The first-order valence-corrected chi connectivity index (χ1v) is 7.48. The lowest BCUT2D eigenvalue weighted by atomic mass is 10.1. The highest BCUT2D eigenvalue weighted by atomic mass is 16.6. The fourth-order valence-corrected chi connectivity index (χ4v) is 2.21. The van der Waals surface area contributed by atoms with E-state index in [1.54, 1.807) is 12.1 Å². The Kier molecular flexibility index (Phi) is 4.84. The van der Waals surface area contributed by atoms with Crippen LogP contribution >= 0.6 is 0 Å². The lowest BCUT2D eigenvalue weighted by molar-refractivity contribution is -0.384. The van der Waals surface area contributed by atoms with Crippen LogP contribution in [0.1, 0.15) is 20.7 Å². The number of nitro benzene ring substituents is 1. The third-order valence-corrected chi connectivity index (χ3v) is 3.47. The molecule has 136 valence electrons. The highest BCUT2D eigenvalue weighted by Gasteiger charge is 2.18. The van der Waals surface area contributed by atoms with Crippen LogP contribution in [0.3, 0.4) is 0 Å². The Morgan fingerprint density at radius 3 is 2.59 bits per heavy atom. The zero-order valence-corrected chi connectivity index (χ0v) is 13.9. The third-order valence-electron chi connectivity index (χ3n) is 3.47. The summed E-state index contributed by atoms with van der Waals surface area (Å²) in [6.45, 7) is 0. The van der Waals surface area contributed by atoms with Crippen molar-refractivity contribution in [2.75, 3.05) is 12.4 Å². The number of amides is 1. The number of nitro groups is 1. The number of nitrogens with one attached hydrogen (secondary N) is 1. The molecule has 11 nitrogen and oxygen atoms in total. The summed E-state index contributed by atoms with van der Waals surface area (Å²) in [7, 11) is 1.14. The summed E-state index contributed by atoms with van der Waals surface area (Å²) in [5.41, 5.74) is -0.209. The van der Waals surface area contributed by atoms with Crippen LogP contribution in [0.25, 0.3) is 5.82 Å². The van der Waals surface area contributed by atoms with Crippen molar-refractivity contribution >= 4 is 23.3 Å². The molecule has 3 aromatic rings. The number of benzene rings is 1. The van der Waals surface area contributed by atoms with Crippen molar-refractivity contribution in [1.29, 1.82) is 0 Å². The molecular formula is C16H12N6O5. The fraction of sp³-hybridized carbons (Fsp3) is 0.0625. The Bertz CT molecular complexity index is 1000. The van der Waals surface area contributed by atoms with Gasteiger partial charge in [-0.15, -0.1) is 0 Å². The Balaban J connectivity index is 1.84. The van der Waals surface area contributed by atoms with E-state index in [0.717, 1.165) is 19.2 Å². The van der Waals surface area contributed by atoms with Gasteiger partial charge < -0.3 is 10.1 Å². The molecule has 27 heavy (non-hydrogen) atoms. The lowest BCUT2D eigenvalue weighted by Crippen LogP contribution is -2.14. The molecule has 2 aromatic heterocycles. The second-order valence-electron chi connectivity index (χ2n) is 5.22. The molecule has 0 radical (unpaired) electrons. The van der Waals surface area contributed by atoms with Gasteiger partial charge in [0.15, 0.2) is 5.82 Å². The van der Waals surface area contributed by atoms with Crippen molar-refractivity contribution in [3.8, 4) is 5.82 Å².